The zero-order valence-electron chi connectivity index (χ0n) is 12.3. The molecule has 0 heterocycles. The van der Waals surface area contributed by atoms with E-state index in [4.69, 9.17) is 5.26 Å². The maximum absolute atomic E-state index is 11.8. The van der Waals surface area contributed by atoms with E-state index in [0.29, 0.717) is 17.7 Å². The summed E-state index contributed by atoms with van der Waals surface area (Å²) in [6, 6.07) is 9.10. The highest BCUT2D eigenvalue weighted by molar-refractivity contribution is 7.99. The maximum atomic E-state index is 11.8. The van der Waals surface area contributed by atoms with E-state index in [1.807, 2.05) is 17.8 Å². The standard InChI is InChI=1S/C17H22N2OS/c18-12-15-7-3-8-16(11-15)19-17(20)9-4-10-21-13-14-5-1-2-6-14/h3,7-8,11,14H,1-2,4-6,9-10,13H2,(H,19,20). The maximum Gasteiger partial charge on any atom is 0.224 e. The van der Waals surface area contributed by atoms with Gasteiger partial charge in [0.05, 0.1) is 11.6 Å². The molecule has 0 aromatic heterocycles. The van der Waals surface area contributed by atoms with Gasteiger partial charge in [-0.15, -0.1) is 0 Å². The Bertz CT molecular complexity index is 504. The summed E-state index contributed by atoms with van der Waals surface area (Å²) in [5.41, 5.74) is 1.28. The molecule has 0 unspecified atom stereocenters. The zero-order valence-corrected chi connectivity index (χ0v) is 13.1. The van der Waals surface area contributed by atoms with E-state index < -0.39 is 0 Å². The average Bonchev–Trinajstić information content (AvgIpc) is 3.00. The molecule has 1 amide bonds. The summed E-state index contributed by atoms with van der Waals surface area (Å²) in [4.78, 5) is 11.8. The van der Waals surface area contributed by atoms with Crippen molar-refractivity contribution < 1.29 is 4.79 Å². The topological polar surface area (TPSA) is 52.9 Å². The summed E-state index contributed by atoms with van der Waals surface area (Å²) in [5, 5.41) is 11.7. The minimum Gasteiger partial charge on any atom is -0.326 e. The molecule has 0 bridgehead atoms. The molecule has 0 saturated heterocycles. The monoisotopic (exact) mass is 302 g/mol. The smallest absolute Gasteiger partial charge is 0.224 e. The fourth-order valence-electron chi connectivity index (χ4n) is 2.65. The van der Waals surface area contributed by atoms with Gasteiger partial charge in [0.25, 0.3) is 0 Å². The van der Waals surface area contributed by atoms with E-state index in [1.54, 1.807) is 18.2 Å². The van der Waals surface area contributed by atoms with Crippen molar-refractivity contribution in [3.05, 3.63) is 29.8 Å². The predicted molar refractivity (Wildman–Crippen MR) is 88.3 cm³/mol. The lowest BCUT2D eigenvalue weighted by Crippen LogP contribution is -2.11. The predicted octanol–water partition coefficient (Wildman–Crippen LogP) is 4.20. The minimum absolute atomic E-state index is 0.0338. The van der Waals surface area contributed by atoms with Gasteiger partial charge in [0.2, 0.25) is 5.91 Å². The van der Waals surface area contributed by atoms with E-state index in [9.17, 15) is 4.79 Å². The van der Waals surface area contributed by atoms with Crippen LogP contribution in [0.25, 0.3) is 0 Å². The highest BCUT2D eigenvalue weighted by Crippen LogP contribution is 2.28. The van der Waals surface area contributed by atoms with Gasteiger partial charge in [-0.2, -0.15) is 17.0 Å². The molecule has 0 radical (unpaired) electrons. The Balaban J connectivity index is 1.59. The second kappa shape index (κ2) is 8.74. The van der Waals surface area contributed by atoms with Gasteiger partial charge < -0.3 is 5.32 Å². The van der Waals surface area contributed by atoms with Crippen LogP contribution in [0.3, 0.4) is 0 Å². The Morgan fingerprint density at radius 1 is 1.38 bits per heavy atom. The van der Waals surface area contributed by atoms with Gasteiger partial charge in [0.15, 0.2) is 0 Å². The molecule has 2 rings (SSSR count). The third-order valence-electron chi connectivity index (χ3n) is 3.80. The number of carbonyl (C=O) groups is 1. The fraction of sp³-hybridized carbons (Fsp3) is 0.529. The highest BCUT2D eigenvalue weighted by Gasteiger charge is 2.14. The van der Waals surface area contributed by atoms with Crippen molar-refractivity contribution in [2.75, 3.05) is 16.8 Å². The number of nitriles is 1. The number of thioether (sulfide) groups is 1. The van der Waals surface area contributed by atoms with Crippen molar-refractivity contribution in [3.8, 4) is 6.07 Å². The van der Waals surface area contributed by atoms with Crippen molar-refractivity contribution in [2.45, 2.75) is 38.5 Å². The van der Waals surface area contributed by atoms with Crippen molar-refractivity contribution >= 4 is 23.4 Å². The van der Waals surface area contributed by atoms with Gasteiger partial charge in [-0.3, -0.25) is 4.79 Å². The molecule has 112 valence electrons. The number of rotatable bonds is 7. The van der Waals surface area contributed by atoms with Crippen LogP contribution >= 0.6 is 11.8 Å². The molecule has 0 atom stereocenters. The molecule has 21 heavy (non-hydrogen) atoms. The first-order chi connectivity index (χ1) is 10.3. The van der Waals surface area contributed by atoms with Gasteiger partial charge in [-0.25, -0.2) is 0 Å². The number of nitrogens with one attached hydrogen (secondary N) is 1. The largest absolute Gasteiger partial charge is 0.326 e. The van der Waals surface area contributed by atoms with E-state index in [2.05, 4.69) is 11.4 Å². The number of hydrogen-bond donors (Lipinski definition) is 1. The van der Waals surface area contributed by atoms with Gasteiger partial charge in [0, 0.05) is 12.1 Å². The van der Waals surface area contributed by atoms with Crippen molar-refractivity contribution in [1.82, 2.24) is 0 Å². The Labute approximate surface area is 131 Å². The summed E-state index contributed by atoms with van der Waals surface area (Å²) in [6.07, 6.45) is 7.05. The van der Waals surface area contributed by atoms with E-state index in [-0.39, 0.29) is 5.91 Å². The van der Waals surface area contributed by atoms with Crippen LogP contribution in [0.5, 0.6) is 0 Å². The lowest BCUT2D eigenvalue weighted by molar-refractivity contribution is -0.116. The number of carbonyl (C=O) groups excluding carboxylic acids is 1. The normalized spacial score (nSPS) is 14.8. The summed E-state index contributed by atoms with van der Waals surface area (Å²) < 4.78 is 0. The first kappa shape index (κ1) is 15.9. The van der Waals surface area contributed by atoms with E-state index in [1.165, 1.54) is 31.4 Å². The van der Waals surface area contributed by atoms with Crippen molar-refractivity contribution in [2.24, 2.45) is 5.92 Å². The van der Waals surface area contributed by atoms with Gasteiger partial charge in [0.1, 0.15) is 0 Å². The molecule has 1 aliphatic carbocycles. The third kappa shape index (κ3) is 5.81. The zero-order chi connectivity index (χ0) is 14.9. The van der Waals surface area contributed by atoms with Crippen LogP contribution in [-0.2, 0) is 4.79 Å². The molecule has 1 fully saturated rings. The molecule has 1 saturated carbocycles. The van der Waals surface area contributed by atoms with Crippen LogP contribution in [-0.4, -0.2) is 17.4 Å². The highest BCUT2D eigenvalue weighted by atomic mass is 32.2. The number of anilines is 1. The van der Waals surface area contributed by atoms with Crippen LogP contribution in [0.4, 0.5) is 5.69 Å². The lowest BCUT2D eigenvalue weighted by Gasteiger charge is -2.08. The molecule has 1 aromatic rings. The van der Waals surface area contributed by atoms with Gasteiger partial charge >= 0.3 is 0 Å². The molecule has 1 aromatic carbocycles. The van der Waals surface area contributed by atoms with Crippen molar-refractivity contribution in [3.63, 3.8) is 0 Å². The number of hydrogen-bond acceptors (Lipinski definition) is 3. The number of nitrogens with zero attached hydrogens (tertiary/aromatic N) is 1. The second-order valence-corrected chi connectivity index (χ2v) is 6.72. The lowest BCUT2D eigenvalue weighted by atomic mass is 10.1. The summed E-state index contributed by atoms with van der Waals surface area (Å²) in [5.74, 6) is 3.26. The SMILES string of the molecule is N#Cc1cccc(NC(=O)CCCSCC2CCCC2)c1. The molecule has 3 nitrogen and oxygen atoms in total. The molecule has 4 heteroatoms. The first-order valence-corrected chi connectivity index (χ1v) is 8.81. The fourth-order valence-corrected chi connectivity index (χ4v) is 3.83. The molecule has 1 aliphatic rings. The molecular weight excluding hydrogens is 280 g/mol. The van der Waals surface area contributed by atoms with Crippen molar-refractivity contribution in [1.29, 1.82) is 5.26 Å². The summed E-state index contributed by atoms with van der Waals surface area (Å²) >= 11 is 1.98. The van der Waals surface area contributed by atoms with Crippen LogP contribution in [0, 0.1) is 17.2 Å². The minimum atomic E-state index is 0.0338. The quantitative estimate of drug-likeness (QED) is 0.768. The summed E-state index contributed by atoms with van der Waals surface area (Å²) in [7, 11) is 0. The van der Waals surface area contributed by atoms with Crippen LogP contribution in [0.1, 0.15) is 44.1 Å². The third-order valence-corrected chi connectivity index (χ3v) is 5.08. The average molecular weight is 302 g/mol. The Morgan fingerprint density at radius 2 is 2.19 bits per heavy atom. The Morgan fingerprint density at radius 3 is 2.95 bits per heavy atom. The molecular formula is C17H22N2OS. The van der Waals surface area contributed by atoms with Gasteiger partial charge in [-0.05, 0) is 54.9 Å². The molecule has 0 aliphatic heterocycles. The number of amides is 1. The van der Waals surface area contributed by atoms with Gasteiger partial charge in [-0.1, -0.05) is 18.9 Å². The Kier molecular flexibility index (Phi) is 6.62. The van der Waals surface area contributed by atoms with Crippen LogP contribution in [0.2, 0.25) is 0 Å². The molecule has 0 spiro atoms. The van der Waals surface area contributed by atoms with E-state index >= 15 is 0 Å². The Hall–Kier alpha value is -1.47. The van der Waals surface area contributed by atoms with E-state index in [0.717, 1.165) is 18.1 Å². The first-order valence-electron chi connectivity index (χ1n) is 7.65. The molecule has 1 N–H and O–H groups in total. The van der Waals surface area contributed by atoms with Crippen LogP contribution in [0.15, 0.2) is 24.3 Å². The summed E-state index contributed by atoms with van der Waals surface area (Å²) in [6.45, 7) is 0. The van der Waals surface area contributed by atoms with Crippen LogP contribution < -0.4 is 5.32 Å². The number of benzene rings is 1. The second-order valence-electron chi connectivity index (χ2n) is 5.57.